The van der Waals surface area contributed by atoms with Crippen molar-refractivity contribution >= 4 is 50.6 Å². The van der Waals surface area contributed by atoms with Gasteiger partial charge in [-0.1, -0.05) is 78.5 Å². The molecule has 0 atom stereocenters. The molecule has 166 valence electrons. The number of rotatable bonds is 2. The van der Waals surface area contributed by atoms with E-state index in [0.717, 1.165) is 27.6 Å². The first-order valence-corrected chi connectivity index (χ1v) is 12.3. The van der Waals surface area contributed by atoms with Gasteiger partial charge in [-0.15, -0.1) is 0 Å². The summed E-state index contributed by atoms with van der Waals surface area (Å²) in [5.74, 6) is 0. The predicted molar refractivity (Wildman–Crippen MR) is 144 cm³/mol. The average molecular weight is 470 g/mol. The number of hydrogen-bond acceptors (Lipinski definition) is 4. The molecule has 1 aromatic heterocycles. The van der Waals surface area contributed by atoms with Crippen molar-refractivity contribution in [3.05, 3.63) is 126 Å². The fourth-order valence-electron chi connectivity index (χ4n) is 4.85. The minimum Gasteiger partial charge on any atom is -0.422 e. The van der Waals surface area contributed by atoms with Gasteiger partial charge in [0.2, 0.25) is 0 Å². The second-order valence-electron chi connectivity index (χ2n) is 8.57. The van der Waals surface area contributed by atoms with E-state index in [1.165, 1.54) is 21.2 Å². The number of nitrogens with zero attached hydrogens (tertiary/aromatic N) is 1. The summed E-state index contributed by atoms with van der Waals surface area (Å²) in [6.07, 6.45) is 0. The molecule has 35 heavy (non-hydrogen) atoms. The minimum atomic E-state index is -0.309. The Morgan fingerprint density at radius 3 is 1.94 bits per heavy atom. The summed E-state index contributed by atoms with van der Waals surface area (Å²) in [5.41, 5.74) is 5.80. The van der Waals surface area contributed by atoms with Crippen molar-refractivity contribution in [3.63, 3.8) is 0 Å². The Hall–Kier alpha value is -4.28. The molecule has 0 aliphatic carbocycles. The van der Waals surface area contributed by atoms with Gasteiger partial charge in [0.05, 0.1) is 16.8 Å². The Kier molecular flexibility index (Phi) is 4.54. The number of fused-ring (bicyclic) bond motifs is 5. The van der Waals surface area contributed by atoms with Crippen LogP contribution in [0.4, 0.5) is 17.1 Å². The molecule has 0 fully saturated rings. The lowest BCUT2D eigenvalue weighted by atomic mass is 10.00. The van der Waals surface area contributed by atoms with Crippen molar-refractivity contribution in [2.45, 2.75) is 9.79 Å². The molecular weight excluding hydrogens is 450 g/mol. The van der Waals surface area contributed by atoms with Gasteiger partial charge in [-0.05, 0) is 65.0 Å². The largest absolute Gasteiger partial charge is 0.422 e. The zero-order chi connectivity index (χ0) is 23.4. The molecule has 2 heterocycles. The van der Waals surface area contributed by atoms with Crippen molar-refractivity contribution in [2.24, 2.45) is 0 Å². The number of benzene rings is 5. The Balaban J connectivity index is 1.32. The van der Waals surface area contributed by atoms with Gasteiger partial charge in [0.15, 0.2) is 0 Å². The zero-order valence-electron chi connectivity index (χ0n) is 18.6. The lowest BCUT2D eigenvalue weighted by Crippen LogP contribution is -2.14. The molecule has 0 saturated heterocycles. The second kappa shape index (κ2) is 7.90. The molecule has 5 aromatic carbocycles. The van der Waals surface area contributed by atoms with Gasteiger partial charge >= 0.3 is 5.63 Å². The number of hydrogen-bond donors (Lipinski definition) is 0. The number of anilines is 3. The van der Waals surface area contributed by atoms with E-state index in [9.17, 15) is 4.79 Å². The molecule has 1 aliphatic heterocycles. The molecule has 1 aliphatic rings. The monoisotopic (exact) mass is 469 g/mol. The molecule has 6 aromatic rings. The summed E-state index contributed by atoms with van der Waals surface area (Å²) in [6.45, 7) is 0. The summed E-state index contributed by atoms with van der Waals surface area (Å²) in [7, 11) is 0. The fourth-order valence-corrected chi connectivity index (χ4v) is 5.90. The van der Waals surface area contributed by atoms with Crippen LogP contribution in [-0.4, -0.2) is 0 Å². The normalized spacial score (nSPS) is 12.5. The molecule has 0 amide bonds. The maximum absolute atomic E-state index is 12.7. The molecule has 0 spiro atoms. The van der Waals surface area contributed by atoms with Crippen molar-refractivity contribution < 1.29 is 4.42 Å². The molecular formula is C31H19NO2S. The van der Waals surface area contributed by atoms with E-state index in [4.69, 9.17) is 4.42 Å². The maximum atomic E-state index is 12.7. The van der Waals surface area contributed by atoms with E-state index in [2.05, 4.69) is 83.8 Å². The highest BCUT2D eigenvalue weighted by Crippen LogP contribution is 2.51. The standard InChI is InChI=1S/C31H19NO2S/c33-31-25-19-21(15-18-23(25)24-7-1-4-10-28(24)34-31)20-13-16-22(17-14-20)32-26-8-2-5-11-29(26)35-30-12-6-3-9-27(30)32/h1-19H. The first-order chi connectivity index (χ1) is 17.3. The third-order valence-corrected chi connectivity index (χ3v) is 7.64. The number of para-hydroxylation sites is 3. The molecule has 4 heteroatoms. The molecule has 3 nitrogen and oxygen atoms in total. The van der Waals surface area contributed by atoms with Crippen molar-refractivity contribution in [2.75, 3.05) is 4.90 Å². The zero-order valence-corrected chi connectivity index (χ0v) is 19.5. The van der Waals surface area contributed by atoms with Crippen LogP contribution in [0, 0.1) is 0 Å². The molecule has 0 bridgehead atoms. The van der Waals surface area contributed by atoms with Gasteiger partial charge < -0.3 is 9.32 Å². The van der Waals surface area contributed by atoms with Crippen LogP contribution in [0.15, 0.2) is 134 Å². The summed E-state index contributed by atoms with van der Waals surface area (Å²) in [4.78, 5) is 17.5. The third kappa shape index (κ3) is 3.26. The Morgan fingerprint density at radius 2 is 1.20 bits per heavy atom. The van der Waals surface area contributed by atoms with Crippen LogP contribution >= 0.6 is 11.8 Å². The lowest BCUT2D eigenvalue weighted by molar-refractivity contribution is 0.569. The van der Waals surface area contributed by atoms with E-state index >= 15 is 0 Å². The summed E-state index contributed by atoms with van der Waals surface area (Å²) < 4.78 is 5.57. The van der Waals surface area contributed by atoms with Crippen LogP contribution in [0.3, 0.4) is 0 Å². The smallest absolute Gasteiger partial charge is 0.344 e. The molecule has 0 saturated carbocycles. The quantitative estimate of drug-likeness (QED) is 0.188. The summed E-state index contributed by atoms with van der Waals surface area (Å²) >= 11 is 1.80. The third-order valence-electron chi connectivity index (χ3n) is 6.51. The van der Waals surface area contributed by atoms with Crippen molar-refractivity contribution in [3.8, 4) is 11.1 Å². The first-order valence-electron chi connectivity index (χ1n) is 11.5. The summed E-state index contributed by atoms with van der Waals surface area (Å²) in [6, 6.07) is 39.2. The topological polar surface area (TPSA) is 33.5 Å². The van der Waals surface area contributed by atoms with Crippen LogP contribution in [0.25, 0.3) is 32.9 Å². The van der Waals surface area contributed by atoms with Gasteiger partial charge in [-0.2, -0.15) is 0 Å². The van der Waals surface area contributed by atoms with E-state index in [1.54, 1.807) is 11.8 Å². The van der Waals surface area contributed by atoms with Crippen LogP contribution in [0.1, 0.15) is 0 Å². The maximum Gasteiger partial charge on any atom is 0.344 e. The Morgan fingerprint density at radius 1 is 0.571 bits per heavy atom. The fraction of sp³-hybridized carbons (Fsp3) is 0. The van der Waals surface area contributed by atoms with E-state index < -0.39 is 0 Å². The van der Waals surface area contributed by atoms with Gasteiger partial charge in [0.1, 0.15) is 5.58 Å². The van der Waals surface area contributed by atoms with Gasteiger partial charge in [0.25, 0.3) is 0 Å². The summed E-state index contributed by atoms with van der Waals surface area (Å²) in [5, 5.41) is 2.46. The van der Waals surface area contributed by atoms with E-state index in [1.807, 2.05) is 36.4 Å². The highest BCUT2D eigenvalue weighted by molar-refractivity contribution is 7.99. The Bertz CT molecular complexity index is 1760. The highest BCUT2D eigenvalue weighted by Gasteiger charge is 2.24. The average Bonchev–Trinajstić information content (AvgIpc) is 2.92. The Labute approximate surface area is 206 Å². The van der Waals surface area contributed by atoms with Gasteiger partial charge in [-0.3, -0.25) is 0 Å². The first kappa shape index (κ1) is 20.1. The lowest BCUT2D eigenvalue weighted by Gasteiger charge is -2.32. The molecule has 0 radical (unpaired) electrons. The van der Waals surface area contributed by atoms with Crippen LogP contribution < -0.4 is 10.5 Å². The van der Waals surface area contributed by atoms with Gasteiger partial charge in [0, 0.05) is 20.9 Å². The molecule has 0 unspecified atom stereocenters. The molecule has 0 N–H and O–H groups in total. The van der Waals surface area contributed by atoms with E-state index in [-0.39, 0.29) is 5.63 Å². The van der Waals surface area contributed by atoms with E-state index in [0.29, 0.717) is 11.0 Å². The predicted octanol–water partition coefficient (Wildman–Crippen LogP) is 8.55. The van der Waals surface area contributed by atoms with Crippen molar-refractivity contribution in [1.82, 2.24) is 0 Å². The minimum absolute atomic E-state index is 0.309. The van der Waals surface area contributed by atoms with Crippen LogP contribution in [0.2, 0.25) is 0 Å². The molecule has 7 rings (SSSR count). The highest BCUT2D eigenvalue weighted by atomic mass is 32.2. The van der Waals surface area contributed by atoms with Crippen molar-refractivity contribution in [1.29, 1.82) is 0 Å². The van der Waals surface area contributed by atoms with Crippen LogP contribution in [-0.2, 0) is 0 Å². The van der Waals surface area contributed by atoms with Crippen LogP contribution in [0.5, 0.6) is 0 Å². The SMILES string of the molecule is O=c1oc2ccccc2c2ccc(-c3ccc(N4c5ccccc5Sc5ccccc54)cc3)cc12. The van der Waals surface area contributed by atoms with Gasteiger partial charge in [-0.25, -0.2) is 4.79 Å². The second-order valence-corrected chi connectivity index (χ2v) is 9.65.